The first kappa shape index (κ1) is 13.6. The maximum atomic E-state index is 13.5. The largest absolute Gasteiger partial charge is 0.479 e. The first-order valence-electron chi connectivity index (χ1n) is 4.69. The van der Waals surface area contributed by atoms with E-state index in [1.807, 2.05) is 0 Å². The number of halogens is 2. The van der Waals surface area contributed by atoms with Gasteiger partial charge in [0.15, 0.2) is 11.9 Å². The van der Waals surface area contributed by atoms with Crippen molar-refractivity contribution >= 4 is 23.4 Å². The summed E-state index contributed by atoms with van der Waals surface area (Å²) in [5, 5.41) is 16.7. The molecular weight excluding hydrogens is 251 g/mol. The van der Waals surface area contributed by atoms with Gasteiger partial charge in [0.1, 0.15) is 11.2 Å². The van der Waals surface area contributed by atoms with Gasteiger partial charge in [-0.2, -0.15) is 0 Å². The van der Waals surface area contributed by atoms with Gasteiger partial charge in [0.05, 0.1) is 0 Å². The molecule has 2 N–H and O–H groups in total. The molecule has 0 amide bonds. The number of hydrogen-bond donors (Lipinski definition) is 2. The zero-order chi connectivity index (χ0) is 13.2. The van der Waals surface area contributed by atoms with Crippen LogP contribution in [-0.4, -0.2) is 22.0 Å². The highest BCUT2D eigenvalue weighted by Gasteiger charge is 2.22. The summed E-state index contributed by atoms with van der Waals surface area (Å²) in [6.45, 7) is 1.26. The monoisotopic (exact) mass is 260 g/mol. The fraction of sp³-hybridized carbons (Fsp3) is 0.273. The van der Waals surface area contributed by atoms with E-state index in [2.05, 4.69) is 0 Å². The maximum Gasteiger partial charge on any atom is 0.337 e. The Morgan fingerprint density at radius 3 is 2.41 bits per heavy atom. The molecule has 92 valence electrons. The minimum absolute atomic E-state index is 0.220. The molecule has 0 aliphatic heterocycles. The number of carbonyl (C=O) groups excluding carboxylic acids is 1. The highest BCUT2D eigenvalue weighted by molar-refractivity contribution is 6.30. The molecule has 1 rings (SSSR count). The van der Waals surface area contributed by atoms with Gasteiger partial charge < -0.3 is 10.2 Å². The van der Waals surface area contributed by atoms with Crippen LogP contribution in [0.4, 0.5) is 4.39 Å². The Bertz CT molecular complexity index is 461. The van der Waals surface area contributed by atoms with Crippen LogP contribution < -0.4 is 0 Å². The first-order valence-corrected chi connectivity index (χ1v) is 5.13. The number of aliphatic carboxylic acids is 1. The molecule has 17 heavy (non-hydrogen) atoms. The van der Waals surface area contributed by atoms with E-state index < -0.39 is 23.3 Å². The van der Waals surface area contributed by atoms with E-state index >= 15 is 0 Å². The number of carboxylic acids is 1. The molecule has 1 aromatic rings. The molecule has 0 bridgehead atoms. The van der Waals surface area contributed by atoms with Crippen molar-refractivity contribution in [1.29, 1.82) is 0 Å². The van der Waals surface area contributed by atoms with E-state index in [1.54, 1.807) is 0 Å². The van der Waals surface area contributed by atoms with E-state index in [-0.39, 0.29) is 16.9 Å². The topological polar surface area (TPSA) is 74.6 Å². The van der Waals surface area contributed by atoms with E-state index in [0.29, 0.717) is 0 Å². The molecule has 2 unspecified atom stereocenters. The van der Waals surface area contributed by atoms with Crippen molar-refractivity contribution in [2.45, 2.75) is 18.4 Å². The van der Waals surface area contributed by atoms with Crippen molar-refractivity contribution in [3.8, 4) is 0 Å². The number of aliphatic hydroxyl groups is 1. The Kier molecular flexibility index (Phi) is 4.20. The SMILES string of the molecule is CC(=O)C(Cl)c1ccc(C(O)C(=O)O)c(F)c1. The van der Waals surface area contributed by atoms with Crippen molar-refractivity contribution < 1.29 is 24.2 Å². The van der Waals surface area contributed by atoms with Crippen LogP contribution in [0.1, 0.15) is 29.5 Å². The average molecular weight is 261 g/mol. The second-order valence-electron chi connectivity index (χ2n) is 3.49. The van der Waals surface area contributed by atoms with Crippen molar-refractivity contribution in [3.63, 3.8) is 0 Å². The summed E-state index contributed by atoms with van der Waals surface area (Å²) in [4.78, 5) is 21.5. The molecule has 0 saturated carbocycles. The van der Waals surface area contributed by atoms with Gasteiger partial charge in [-0.3, -0.25) is 4.79 Å². The summed E-state index contributed by atoms with van der Waals surface area (Å²) in [6, 6.07) is 3.35. The smallest absolute Gasteiger partial charge is 0.337 e. The van der Waals surface area contributed by atoms with Crippen molar-refractivity contribution in [2.75, 3.05) is 0 Å². The molecule has 4 nitrogen and oxygen atoms in total. The summed E-state index contributed by atoms with van der Waals surface area (Å²) >= 11 is 5.71. The van der Waals surface area contributed by atoms with E-state index in [1.165, 1.54) is 13.0 Å². The second kappa shape index (κ2) is 5.25. The molecule has 0 heterocycles. The summed E-state index contributed by atoms with van der Waals surface area (Å²) in [6.07, 6.45) is -1.94. The Morgan fingerprint density at radius 1 is 1.41 bits per heavy atom. The zero-order valence-corrected chi connectivity index (χ0v) is 9.61. The Hall–Kier alpha value is -1.46. The number of rotatable bonds is 4. The molecule has 0 fully saturated rings. The molecule has 0 radical (unpaired) electrons. The summed E-state index contributed by atoms with van der Waals surface area (Å²) in [5.74, 6) is -2.81. The molecule has 2 atom stereocenters. The van der Waals surface area contributed by atoms with Crippen LogP contribution in [0.2, 0.25) is 0 Å². The van der Waals surface area contributed by atoms with Gasteiger partial charge in [-0.05, 0) is 18.6 Å². The Balaban J connectivity index is 3.10. The van der Waals surface area contributed by atoms with Crippen molar-refractivity contribution in [1.82, 2.24) is 0 Å². The van der Waals surface area contributed by atoms with Gasteiger partial charge in [-0.15, -0.1) is 11.6 Å². The number of benzene rings is 1. The molecule has 0 aliphatic carbocycles. The lowest BCUT2D eigenvalue weighted by molar-refractivity contribution is -0.147. The standard InChI is InChI=1S/C11H10ClFO4/c1-5(14)9(12)6-2-3-7(8(13)4-6)10(15)11(16)17/h2-4,9-10,15H,1H3,(H,16,17). The minimum Gasteiger partial charge on any atom is -0.479 e. The lowest BCUT2D eigenvalue weighted by atomic mass is 10.0. The van der Waals surface area contributed by atoms with Crippen LogP contribution in [0.5, 0.6) is 0 Å². The Morgan fingerprint density at radius 2 is 2.00 bits per heavy atom. The van der Waals surface area contributed by atoms with E-state index in [9.17, 15) is 19.1 Å². The molecule has 0 aromatic heterocycles. The minimum atomic E-state index is -1.94. The third kappa shape index (κ3) is 3.01. The molecular formula is C11H10ClFO4. The van der Waals surface area contributed by atoms with E-state index in [0.717, 1.165) is 12.1 Å². The molecule has 0 saturated heterocycles. The van der Waals surface area contributed by atoms with Crippen LogP contribution in [0.25, 0.3) is 0 Å². The highest BCUT2D eigenvalue weighted by Crippen LogP contribution is 2.25. The lowest BCUT2D eigenvalue weighted by Gasteiger charge is -2.10. The number of ketones is 1. The van der Waals surface area contributed by atoms with Crippen LogP contribution >= 0.6 is 11.6 Å². The van der Waals surface area contributed by atoms with Gasteiger partial charge in [-0.1, -0.05) is 12.1 Å². The van der Waals surface area contributed by atoms with Gasteiger partial charge >= 0.3 is 5.97 Å². The summed E-state index contributed by atoms with van der Waals surface area (Å²) < 4.78 is 13.5. The second-order valence-corrected chi connectivity index (χ2v) is 3.93. The van der Waals surface area contributed by atoms with Crippen molar-refractivity contribution in [2.24, 2.45) is 0 Å². The summed E-state index contributed by atoms with van der Waals surface area (Å²) in [7, 11) is 0. The fourth-order valence-electron chi connectivity index (χ4n) is 1.29. The maximum absolute atomic E-state index is 13.5. The van der Waals surface area contributed by atoms with Gasteiger partial charge in [0.25, 0.3) is 0 Å². The number of aliphatic hydroxyl groups excluding tert-OH is 1. The third-order valence-electron chi connectivity index (χ3n) is 2.20. The Labute approximate surface area is 102 Å². The number of carbonyl (C=O) groups is 2. The molecule has 0 spiro atoms. The van der Waals surface area contributed by atoms with Gasteiger partial charge in [-0.25, -0.2) is 9.18 Å². The lowest BCUT2D eigenvalue weighted by Crippen LogP contribution is -2.13. The quantitative estimate of drug-likeness (QED) is 0.810. The average Bonchev–Trinajstić information content (AvgIpc) is 2.26. The molecule has 1 aromatic carbocycles. The fourth-order valence-corrected chi connectivity index (χ4v) is 1.43. The van der Waals surface area contributed by atoms with Crippen LogP contribution in [0, 0.1) is 5.82 Å². The zero-order valence-electron chi connectivity index (χ0n) is 8.85. The summed E-state index contributed by atoms with van der Waals surface area (Å²) in [5.41, 5.74) is -0.147. The van der Waals surface area contributed by atoms with Crippen LogP contribution in [0.3, 0.4) is 0 Å². The van der Waals surface area contributed by atoms with Gasteiger partial charge in [0.2, 0.25) is 0 Å². The molecule has 0 aliphatic rings. The predicted molar refractivity (Wildman–Crippen MR) is 58.3 cm³/mol. The van der Waals surface area contributed by atoms with Crippen molar-refractivity contribution in [3.05, 3.63) is 35.1 Å². The number of alkyl halides is 1. The highest BCUT2D eigenvalue weighted by atomic mass is 35.5. The molecule has 6 heteroatoms. The number of carboxylic acid groups (broad SMARTS) is 1. The van der Waals surface area contributed by atoms with Crippen LogP contribution in [0.15, 0.2) is 18.2 Å². The normalized spacial score (nSPS) is 14.1. The number of hydrogen-bond acceptors (Lipinski definition) is 3. The first-order chi connectivity index (χ1) is 7.84. The van der Waals surface area contributed by atoms with Gasteiger partial charge in [0, 0.05) is 5.56 Å². The predicted octanol–water partition coefficient (Wildman–Crippen LogP) is 1.81. The number of Topliss-reactive ketones (excluding diaryl/α,β-unsaturated/α-hetero) is 1. The van der Waals surface area contributed by atoms with E-state index in [4.69, 9.17) is 16.7 Å². The third-order valence-corrected chi connectivity index (χ3v) is 2.76. The van der Waals surface area contributed by atoms with Crippen LogP contribution in [-0.2, 0) is 9.59 Å².